The summed E-state index contributed by atoms with van der Waals surface area (Å²) in [4.78, 5) is 25.6. The van der Waals surface area contributed by atoms with Gasteiger partial charge in [0.05, 0.1) is 5.56 Å². The number of nitrogens with zero attached hydrogens (tertiary/aromatic N) is 1. The van der Waals surface area contributed by atoms with Gasteiger partial charge in [0.1, 0.15) is 11.9 Å². The van der Waals surface area contributed by atoms with Crippen LogP contribution in [0.1, 0.15) is 30.6 Å². The molecule has 0 aliphatic rings. The van der Waals surface area contributed by atoms with E-state index in [-0.39, 0.29) is 23.1 Å². The minimum Gasteiger partial charge on any atom is -0.399 e. The molecule has 1 unspecified atom stereocenters. The van der Waals surface area contributed by atoms with Gasteiger partial charge < -0.3 is 16.0 Å². The van der Waals surface area contributed by atoms with E-state index in [0.29, 0.717) is 6.42 Å². The Balaban J connectivity index is 2.92. The van der Waals surface area contributed by atoms with E-state index < -0.39 is 17.8 Å². The second-order valence-electron chi connectivity index (χ2n) is 5.63. The van der Waals surface area contributed by atoms with Gasteiger partial charge in [0.25, 0.3) is 5.91 Å². The number of likely N-dealkylation sites (N-methyl/N-ethyl adjacent to an activating group) is 1. The normalized spacial score (nSPS) is 12.1. The second-order valence-corrected chi connectivity index (χ2v) is 5.63. The number of halogens is 1. The van der Waals surface area contributed by atoms with Gasteiger partial charge in [-0.15, -0.1) is 0 Å². The first-order valence-electron chi connectivity index (χ1n) is 6.79. The number of hydrogen-bond donors (Lipinski definition) is 2. The van der Waals surface area contributed by atoms with Crippen molar-refractivity contribution in [2.75, 3.05) is 19.8 Å². The number of amides is 2. The fourth-order valence-electron chi connectivity index (χ4n) is 1.96. The topological polar surface area (TPSA) is 75.4 Å². The van der Waals surface area contributed by atoms with E-state index in [9.17, 15) is 14.0 Å². The lowest BCUT2D eigenvalue weighted by Gasteiger charge is -2.23. The van der Waals surface area contributed by atoms with Crippen molar-refractivity contribution >= 4 is 17.5 Å². The predicted octanol–water partition coefficient (Wildman–Crippen LogP) is 1.64. The van der Waals surface area contributed by atoms with Crippen LogP contribution in [0.5, 0.6) is 0 Å². The number of nitrogen functional groups attached to an aromatic ring is 1. The van der Waals surface area contributed by atoms with E-state index >= 15 is 0 Å². The van der Waals surface area contributed by atoms with Crippen LogP contribution < -0.4 is 11.1 Å². The number of benzene rings is 1. The van der Waals surface area contributed by atoms with Gasteiger partial charge in [-0.05, 0) is 30.5 Å². The third-order valence-electron chi connectivity index (χ3n) is 2.99. The first-order valence-corrected chi connectivity index (χ1v) is 6.79. The Labute approximate surface area is 124 Å². The first-order chi connectivity index (χ1) is 9.72. The largest absolute Gasteiger partial charge is 0.399 e. The molecule has 6 heteroatoms. The summed E-state index contributed by atoms with van der Waals surface area (Å²) < 4.78 is 13.7. The molecule has 1 aromatic carbocycles. The Bertz CT molecular complexity index is 530. The van der Waals surface area contributed by atoms with Gasteiger partial charge in [-0.25, -0.2) is 4.39 Å². The van der Waals surface area contributed by atoms with Crippen LogP contribution in [0.3, 0.4) is 0 Å². The summed E-state index contributed by atoms with van der Waals surface area (Å²) in [7, 11) is 3.23. The van der Waals surface area contributed by atoms with Crippen molar-refractivity contribution < 1.29 is 14.0 Å². The number of rotatable bonds is 5. The SMILES string of the molecule is CC(C)CC(NC(=O)c1ccc(N)cc1F)C(=O)N(C)C. The lowest BCUT2D eigenvalue weighted by molar-refractivity contribution is -0.131. The molecule has 3 N–H and O–H groups in total. The third-order valence-corrected chi connectivity index (χ3v) is 2.99. The molecule has 1 aromatic rings. The van der Waals surface area contributed by atoms with Gasteiger partial charge in [0, 0.05) is 19.8 Å². The summed E-state index contributed by atoms with van der Waals surface area (Å²) in [6.07, 6.45) is 0.485. The van der Waals surface area contributed by atoms with Gasteiger partial charge in [-0.3, -0.25) is 9.59 Å². The van der Waals surface area contributed by atoms with Crippen molar-refractivity contribution in [3.05, 3.63) is 29.6 Å². The highest BCUT2D eigenvalue weighted by Gasteiger charge is 2.24. The molecule has 21 heavy (non-hydrogen) atoms. The van der Waals surface area contributed by atoms with E-state index in [1.165, 1.54) is 17.0 Å². The van der Waals surface area contributed by atoms with Crippen molar-refractivity contribution in [3.8, 4) is 0 Å². The Morgan fingerprint density at radius 3 is 2.43 bits per heavy atom. The Morgan fingerprint density at radius 2 is 1.95 bits per heavy atom. The maximum absolute atomic E-state index is 13.7. The zero-order valence-corrected chi connectivity index (χ0v) is 12.8. The maximum Gasteiger partial charge on any atom is 0.254 e. The van der Waals surface area contributed by atoms with Gasteiger partial charge >= 0.3 is 0 Å². The van der Waals surface area contributed by atoms with E-state index in [4.69, 9.17) is 5.73 Å². The molecule has 5 nitrogen and oxygen atoms in total. The van der Waals surface area contributed by atoms with Crippen LogP contribution in [-0.4, -0.2) is 36.9 Å². The number of nitrogens with two attached hydrogens (primary N) is 1. The number of carbonyl (C=O) groups is 2. The quantitative estimate of drug-likeness (QED) is 0.811. The molecule has 116 valence electrons. The Kier molecular flexibility index (Phi) is 5.69. The van der Waals surface area contributed by atoms with Crippen LogP contribution in [0.2, 0.25) is 0 Å². The average molecular weight is 295 g/mol. The van der Waals surface area contributed by atoms with E-state index in [0.717, 1.165) is 6.07 Å². The molecular formula is C15H22FN3O2. The minimum atomic E-state index is -0.701. The van der Waals surface area contributed by atoms with E-state index in [1.54, 1.807) is 14.1 Å². The van der Waals surface area contributed by atoms with Crippen molar-refractivity contribution in [2.45, 2.75) is 26.3 Å². The molecule has 0 aliphatic heterocycles. The lowest BCUT2D eigenvalue weighted by atomic mass is 10.0. The molecule has 0 heterocycles. The fourth-order valence-corrected chi connectivity index (χ4v) is 1.96. The molecule has 0 radical (unpaired) electrons. The number of hydrogen-bond acceptors (Lipinski definition) is 3. The molecular weight excluding hydrogens is 273 g/mol. The molecule has 0 aliphatic carbocycles. The smallest absolute Gasteiger partial charge is 0.254 e. The van der Waals surface area contributed by atoms with Gasteiger partial charge in [-0.2, -0.15) is 0 Å². The summed E-state index contributed by atoms with van der Waals surface area (Å²) >= 11 is 0. The summed E-state index contributed by atoms with van der Waals surface area (Å²) in [6, 6.07) is 3.17. The van der Waals surface area contributed by atoms with Crippen LogP contribution in [0.15, 0.2) is 18.2 Å². The average Bonchev–Trinajstić information content (AvgIpc) is 2.36. The highest BCUT2D eigenvalue weighted by molar-refractivity contribution is 5.97. The minimum absolute atomic E-state index is 0.121. The zero-order valence-electron chi connectivity index (χ0n) is 12.8. The highest BCUT2D eigenvalue weighted by atomic mass is 19.1. The highest BCUT2D eigenvalue weighted by Crippen LogP contribution is 2.13. The second kappa shape index (κ2) is 7.06. The van der Waals surface area contributed by atoms with Crippen LogP contribution >= 0.6 is 0 Å². The Hall–Kier alpha value is -2.11. The monoisotopic (exact) mass is 295 g/mol. The standard InChI is InChI=1S/C15H22FN3O2/c1-9(2)7-13(15(21)19(3)4)18-14(20)11-6-5-10(17)8-12(11)16/h5-6,8-9,13H,7,17H2,1-4H3,(H,18,20). The van der Waals surface area contributed by atoms with Crippen LogP contribution in [0.25, 0.3) is 0 Å². The molecule has 0 saturated carbocycles. The number of nitrogens with one attached hydrogen (secondary N) is 1. The molecule has 1 atom stereocenters. The van der Waals surface area contributed by atoms with Crippen LogP contribution in [-0.2, 0) is 4.79 Å². The first kappa shape index (κ1) is 16.9. The molecule has 0 saturated heterocycles. The molecule has 0 spiro atoms. The van der Waals surface area contributed by atoms with Crippen molar-refractivity contribution in [1.29, 1.82) is 0 Å². The van der Waals surface area contributed by atoms with E-state index in [2.05, 4.69) is 5.32 Å². The summed E-state index contributed by atoms with van der Waals surface area (Å²) in [6.45, 7) is 3.90. The van der Waals surface area contributed by atoms with Crippen molar-refractivity contribution in [1.82, 2.24) is 10.2 Å². The van der Waals surface area contributed by atoms with Gasteiger partial charge in [0.2, 0.25) is 5.91 Å². The molecule has 0 aromatic heterocycles. The summed E-state index contributed by atoms with van der Waals surface area (Å²) in [5.41, 5.74) is 5.57. The third kappa shape index (κ3) is 4.73. The van der Waals surface area contributed by atoms with Gasteiger partial charge in [0.15, 0.2) is 0 Å². The number of anilines is 1. The van der Waals surface area contributed by atoms with Crippen LogP contribution in [0, 0.1) is 11.7 Å². The molecule has 1 rings (SSSR count). The zero-order chi connectivity index (χ0) is 16.2. The summed E-state index contributed by atoms with van der Waals surface area (Å²) in [5.74, 6) is -1.31. The molecule has 2 amide bonds. The fraction of sp³-hybridized carbons (Fsp3) is 0.467. The lowest BCUT2D eigenvalue weighted by Crippen LogP contribution is -2.47. The maximum atomic E-state index is 13.7. The summed E-state index contributed by atoms with van der Waals surface area (Å²) in [5, 5.41) is 2.60. The molecule has 0 fully saturated rings. The van der Waals surface area contributed by atoms with E-state index in [1.807, 2.05) is 13.8 Å². The molecule has 0 bridgehead atoms. The van der Waals surface area contributed by atoms with Gasteiger partial charge in [-0.1, -0.05) is 13.8 Å². The van der Waals surface area contributed by atoms with Crippen molar-refractivity contribution in [2.24, 2.45) is 5.92 Å². The Morgan fingerprint density at radius 1 is 1.33 bits per heavy atom. The predicted molar refractivity (Wildman–Crippen MR) is 80.2 cm³/mol. The van der Waals surface area contributed by atoms with Crippen molar-refractivity contribution in [3.63, 3.8) is 0 Å². The number of carbonyl (C=O) groups excluding carboxylic acids is 2. The van der Waals surface area contributed by atoms with Crippen LogP contribution in [0.4, 0.5) is 10.1 Å².